The number of halogens is 2. The first-order valence-corrected chi connectivity index (χ1v) is 11.9. The topological polar surface area (TPSA) is 66.5 Å². The summed E-state index contributed by atoms with van der Waals surface area (Å²) in [5.41, 5.74) is 1.01. The zero-order valence-corrected chi connectivity index (χ0v) is 18.0. The second kappa shape index (κ2) is 10.2. The molecule has 152 valence electrons. The minimum Gasteiger partial charge on any atom is -0.354 e. The predicted molar refractivity (Wildman–Crippen MR) is 112 cm³/mol. The van der Waals surface area contributed by atoms with Crippen molar-refractivity contribution in [3.63, 3.8) is 0 Å². The Bertz CT molecular complexity index is 890. The molecule has 9 heteroatoms. The number of benzene rings is 2. The Morgan fingerprint density at radius 1 is 1.21 bits per heavy atom. The van der Waals surface area contributed by atoms with Crippen molar-refractivity contribution in [1.82, 2.24) is 9.62 Å². The molecule has 2 rings (SSSR count). The molecular formula is C19H22ClFN2O3S2. The number of amides is 1. The van der Waals surface area contributed by atoms with Crippen molar-refractivity contribution in [2.75, 3.05) is 25.6 Å². The quantitative estimate of drug-likeness (QED) is 0.601. The van der Waals surface area contributed by atoms with Crippen LogP contribution in [0.4, 0.5) is 4.39 Å². The molecule has 0 unspecified atom stereocenters. The Hall–Kier alpha value is -1.61. The third-order valence-corrected chi connectivity index (χ3v) is 6.70. The number of hydrogen-bond acceptors (Lipinski definition) is 4. The van der Waals surface area contributed by atoms with Crippen LogP contribution >= 0.6 is 23.4 Å². The molecule has 0 aliphatic rings. The summed E-state index contributed by atoms with van der Waals surface area (Å²) in [4.78, 5) is 12.7. The molecule has 1 amide bonds. The smallest absolute Gasteiger partial charge is 0.243 e. The highest BCUT2D eigenvalue weighted by Crippen LogP contribution is 2.24. The highest BCUT2D eigenvalue weighted by molar-refractivity contribution is 7.98. The monoisotopic (exact) mass is 444 g/mol. The molecule has 0 aromatic heterocycles. The standard InChI is InChI=1S/C19H22ClFN2O3S2/c1-23(28(2,25)26)18(14-7-4-3-5-8-14)19(24)22-11-12-27-13-15-16(20)9-6-10-17(15)21/h3-10,18H,11-13H2,1-2H3,(H,22,24)/t18-/m0/s1. The Balaban J connectivity index is 1.95. The SMILES string of the molecule is CN([C@H](C(=O)NCCSCc1c(F)cccc1Cl)c1ccccc1)S(C)(=O)=O. The van der Waals surface area contributed by atoms with Gasteiger partial charge in [-0.1, -0.05) is 48.0 Å². The molecule has 0 radical (unpaired) electrons. The second-order valence-corrected chi connectivity index (χ2v) is 9.69. The lowest BCUT2D eigenvalue weighted by molar-refractivity contribution is -0.124. The third-order valence-electron chi connectivity index (χ3n) is 4.10. The summed E-state index contributed by atoms with van der Waals surface area (Å²) in [5.74, 6) is 0.138. The van der Waals surface area contributed by atoms with Crippen molar-refractivity contribution in [2.24, 2.45) is 0 Å². The maximum Gasteiger partial charge on any atom is 0.243 e. The van der Waals surface area contributed by atoms with E-state index in [-0.39, 0.29) is 5.82 Å². The van der Waals surface area contributed by atoms with E-state index in [1.54, 1.807) is 42.5 Å². The molecular weight excluding hydrogens is 423 g/mol. The van der Waals surface area contributed by atoms with Gasteiger partial charge < -0.3 is 5.32 Å². The molecule has 0 saturated heterocycles. The van der Waals surface area contributed by atoms with Crippen LogP contribution < -0.4 is 5.32 Å². The van der Waals surface area contributed by atoms with E-state index in [4.69, 9.17) is 11.6 Å². The predicted octanol–water partition coefficient (Wildman–Crippen LogP) is 3.46. The summed E-state index contributed by atoms with van der Waals surface area (Å²) >= 11 is 7.42. The fourth-order valence-corrected chi connectivity index (χ4v) is 4.34. The van der Waals surface area contributed by atoms with Crippen LogP contribution in [0, 0.1) is 5.82 Å². The van der Waals surface area contributed by atoms with Gasteiger partial charge in [-0.25, -0.2) is 12.8 Å². The number of hydrogen-bond donors (Lipinski definition) is 1. The highest BCUT2D eigenvalue weighted by atomic mass is 35.5. The average Bonchev–Trinajstić information content (AvgIpc) is 2.64. The summed E-state index contributed by atoms with van der Waals surface area (Å²) in [5, 5.41) is 3.13. The van der Waals surface area contributed by atoms with Gasteiger partial charge in [-0.15, -0.1) is 0 Å². The molecule has 0 aliphatic heterocycles. The first-order valence-electron chi connectivity index (χ1n) is 8.48. The molecule has 0 bridgehead atoms. The maximum absolute atomic E-state index is 13.8. The Morgan fingerprint density at radius 2 is 1.89 bits per heavy atom. The van der Waals surface area contributed by atoms with E-state index in [2.05, 4.69) is 5.32 Å². The minimum absolute atomic E-state index is 0.316. The van der Waals surface area contributed by atoms with E-state index in [0.717, 1.165) is 10.6 Å². The van der Waals surface area contributed by atoms with Gasteiger partial charge in [0.05, 0.1) is 6.26 Å². The van der Waals surface area contributed by atoms with E-state index in [9.17, 15) is 17.6 Å². The van der Waals surface area contributed by atoms with Crippen LogP contribution in [0.1, 0.15) is 17.2 Å². The van der Waals surface area contributed by atoms with Gasteiger partial charge in [-0.3, -0.25) is 4.79 Å². The van der Waals surface area contributed by atoms with Gasteiger partial charge in [-0.05, 0) is 17.7 Å². The number of nitrogens with zero attached hydrogens (tertiary/aromatic N) is 1. The summed E-state index contributed by atoms with van der Waals surface area (Å²) in [6.07, 6.45) is 1.06. The summed E-state index contributed by atoms with van der Waals surface area (Å²) in [6, 6.07) is 12.3. The molecule has 2 aromatic rings. The fraction of sp³-hybridized carbons (Fsp3) is 0.316. The molecule has 0 heterocycles. The molecule has 1 atom stereocenters. The lowest BCUT2D eigenvalue weighted by atomic mass is 10.1. The average molecular weight is 445 g/mol. The van der Waals surface area contributed by atoms with E-state index in [1.807, 2.05) is 0 Å². The van der Waals surface area contributed by atoms with Crippen LogP contribution in [0.2, 0.25) is 5.02 Å². The third kappa shape index (κ3) is 6.20. The molecule has 5 nitrogen and oxygen atoms in total. The van der Waals surface area contributed by atoms with Crippen molar-refractivity contribution in [3.05, 3.63) is 70.5 Å². The van der Waals surface area contributed by atoms with E-state index in [1.165, 1.54) is 24.9 Å². The van der Waals surface area contributed by atoms with Crippen molar-refractivity contribution in [2.45, 2.75) is 11.8 Å². The van der Waals surface area contributed by atoms with Crippen molar-refractivity contribution in [1.29, 1.82) is 0 Å². The Morgan fingerprint density at radius 3 is 2.50 bits per heavy atom. The van der Waals surface area contributed by atoms with E-state index in [0.29, 0.717) is 34.2 Å². The number of likely N-dealkylation sites (N-methyl/N-ethyl adjacent to an activating group) is 1. The maximum atomic E-state index is 13.8. The summed E-state index contributed by atoms with van der Waals surface area (Å²) < 4.78 is 38.7. The lowest BCUT2D eigenvalue weighted by Crippen LogP contribution is -2.41. The summed E-state index contributed by atoms with van der Waals surface area (Å²) in [6.45, 7) is 0.316. The number of rotatable bonds is 9. The Labute approximate surface area is 174 Å². The largest absolute Gasteiger partial charge is 0.354 e. The van der Waals surface area contributed by atoms with Crippen LogP contribution in [-0.2, 0) is 20.6 Å². The van der Waals surface area contributed by atoms with Crippen LogP contribution in [0.15, 0.2) is 48.5 Å². The van der Waals surface area contributed by atoms with E-state index < -0.39 is 22.0 Å². The number of nitrogens with one attached hydrogen (secondary N) is 1. The normalized spacial score (nSPS) is 12.8. The molecule has 0 spiro atoms. The fourth-order valence-electron chi connectivity index (χ4n) is 2.54. The highest BCUT2D eigenvalue weighted by Gasteiger charge is 2.30. The van der Waals surface area contributed by atoms with Gasteiger partial charge in [0.25, 0.3) is 0 Å². The molecule has 0 saturated carbocycles. The van der Waals surface area contributed by atoms with Gasteiger partial charge >= 0.3 is 0 Å². The minimum atomic E-state index is -3.57. The van der Waals surface area contributed by atoms with Gasteiger partial charge in [0, 0.05) is 35.7 Å². The molecule has 0 fully saturated rings. The summed E-state index contributed by atoms with van der Waals surface area (Å²) in [7, 11) is -2.19. The van der Waals surface area contributed by atoms with Gasteiger partial charge in [0.1, 0.15) is 11.9 Å². The molecule has 0 aliphatic carbocycles. The van der Waals surface area contributed by atoms with Crippen molar-refractivity contribution >= 4 is 39.3 Å². The van der Waals surface area contributed by atoms with Crippen LogP contribution in [0.25, 0.3) is 0 Å². The van der Waals surface area contributed by atoms with Gasteiger partial charge in [0.15, 0.2) is 0 Å². The van der Waals surface area contributed by atoms with Gasteiger partial charge in [0.2, 0.25) is 15.9 Å². The first kappa shape index (κ1) is 22.7. The van der Waals surface area contributed by atoms with Crippen LogP contribution in [0.3, 0.4) is 0 Å². The van der Waals surface area contributed by atoms with Gasteiger partial charge in [-0.2, -0.15) is 16.1 Å². The second-order valence-electron chi connectivity index (χ2n) is 6.14. The molecule has 2 aromatic carbocycles. The zero-order chi connectivity index (χ0) is 20.7. The lowest BCUT2D eigenvalue weighted by Gasteiger charge is -2.25. The Kier molecular flexibility index (Phi) is 8.30. The van der Waals surface area contributed by atoms with Crippen molar-refractivity contribution < 1.29 is 17.6 Å². The van der Waals surface area contributed by atoms with Crippen LogP contribution in [-0.4, -0.2) is 44.2 Å². The van der Waals surface area contributed by atoms with Crippen molar-refractivity contribution in [3.8, 4) is 0 Å². The van der Waals surface area contributed by atoms with E-state index >= 15 is 0 Å². The molecule has 1 N–H and O–H groups in total. The zero-order valence-electron chi connectivity index (χ0n) is 15.6. The number of thioether (sulfide) groups is 1. The number of sulfonamides is 1. The number of carbonyl (C=O) groups is 1. The first-order chi connectivity index (χ1) is 13.2. The van der Waals surface area contributed by atoms with Crippen LogP contribution in [0.5, 0.6) is 0 Å². The molecule has 28 heavy (non-hydrogen) atoms. The number of carbonyl (C=O) groups excluding carboxylic acids is 1.